The van der Waals surface area contributed by atoms with Gasteiger partial charge < -0.3 is 0 Å². The molecule has 3 nitrogen and oxygen atoms in total. The average molecular weight is 434 g/mol. The highest BCUT2D eigenvalue weighted by Crippen LogP contribution is 2.30. The Morgan fingerprint density at radius 3 is 2.71 bits per heavy atom. The van der Waals surface area contributed by atoms with E-state index in [0.717, 1.165) is 8.95 Å². The van der Waals surface area contributed by atoms with Gasteiger partial charge in [-0.3, -0.25) is 4.57 Å². The number of fused-ring (bicyclic) bond motifs is 1. The van der Waals surface area contributed by atoms with Crippen molar-refractivity contribution in [1.29, 1.82) is 0 Å². The number of halogens is 4. The Labute approximate surface area is 142 Å². The number of benzene rings is 1. The first kappa shape index (κ1) is 14.9. The van der Waals surface area contributed by atoms with Gasteiger partial charge in [-0.2, -0.15) is 0 Å². The van der Waals surface area contributed by atoms with E-state index >= 15 is 0 Å². The molecule has 21 heavy (non-hydrogen) atoms. The lowest BCUT2D eigenvalue weighted by Crippen LogP contribution is -2.05. The number of alkyl halides is 1. The molecule has 0 spiro atoms. The Kier molecular flexibility index (Phi) is 4.03. The minimum Gasteiger partial charge on any atom is -0.276 e. The van der Waals surface area contributed by atoms with Crippen LogP contribution in [0.3, 0.4) is 0 Å². The zero-order valence-electron chi connectivity index (χ0n) is 10.8. The topological polar surface area (TPSA) is 30.7 Å². The molecule has 108 valence electrons. The van der Waals surface area contributed by atoms with Crippen molar-refractivity contribution in [2.24, 2.45) is 0 Å². The van der Waals surface area contributed by atoms with Crippen molar-refractivity contribution < 1.29 is 4.39 Å². The van der Waals surface area contributed by atoms with Crippen LogP contribution < -0.4 is 0 Å². The van der Waals surface area contributed by atoms with Crippen molar-refractivity contribution in [3.8, 4) is 5.69 Å². The summed E-state index contributed by atoms with van der Waals surface area (Å²) in [5, 5.41) is -0.378. The maximum atomic E-state index is 14.2. The molecule has 7 heteroatoms. The van der Waals surface area contributed by atoms with E-state index < -0.39 is 0 Å². The largest absolute Gasteiger partial charge is 0.276 e. The van der Waals surface area contributed by atoms with E-state index in [0.29, 0.717) is 22.7 Å². The summed E-state index contributed by atoms with van der Waals surface area (Å²) >= 11 is 12.9. The van der Waals surface area contributed by atoms with Crippen molar-refractivity contribution in [2.45, 2.75) is 12.3 Å². The van der Waals surface area contributed by atoms with Gasteiger partial charge in [0, 0.05) is 15.1 Å². The Balaban J connectivity index is 2.39. The molecule has 0 aliphatic carbocycles. The van der Waals surface area contributed by atoms with Crippen LogP contribution in [0.2, 0.25) is 0 Å². The Hall–Kier alpha value is -0.980. The van der Waals surface area contributed by atoms with Crippen LogP contribution in [0, 0.1) is 5.82 Å². The number of pyridine rings is 1. The molecule has 0 radical (unpaired) electrons. The molecule has 0 bridgehead atoms. The van der Waals surface area contributed by atoms with Gasteiger partial charge in [-0.25, -0.2) is 14.4 Å². The van der Waals surface area contributed by atoms with E-state index in [2.05, 4.69) is 41.8 Å². The number of hydrogen-bond acceptors (Lipinski definition) is 2. The predicted octanol–water partition coefficient (Wildman–Crippen LogP) is 5.38. The van der Waals surface area contributed by atoms with E-state index in [9.17, 15) is 4.39 Å². The molecular weight excluding hydrogens is 424 g/mol. The Morgan fingerprint density at radius 2 is 2.00 bits per heavy atom. The van der Waals surface area contributed by atoms with Crippen molar-refractivity contribution in [3.63, 3.8) is 0 Å². The monoisotopic (exact) mass is 431 g/mol. The predicted molar refractivity (Wildman–Crippen MR) is 88.5 cm³/mol. The number of imidazole rings is 1. The van der Waals surface area contributed by atoms with E-state index in [1.165, 1.54) is 6.07 Å². The third kappa shape index (κ3) is 2.72. The summed E-state index contributed by atoms with van der Waals surface area (Å²) < 4.78 is 17.5. The smallest absolute Gasteiger partial charge is 0.164 e. The molecule has 3 aromatic rings. The van der Waals surface area contributed by atoms with Crippen LogP contribution in [-0.2, 0) is 0 Å². The zero-order valence-corrected chi connectivity index (χ0v) is 14.7. The van der Waals surface area contributed by atoms with Crippen LogP contribution in [0.15, 0.2) is 39.4 Å². The van der Waals surface area contributed by atoms with Crippen molar-refractivity contribution in [1.82, 2.24) is 14.5 Å². The van der Waals surface area contributed by atoms with Gasteiger partial charge in [0.05, 0.1) is 11.1 Å². The summed E-state index contributed by atoms with van der Waals surface area (Å²) in [5.74, 6) is 0.190. The SMILES string of the molecule is CC(Cl)c1nc2cc(Br)cnc2n1-c1cc(Br)ccc1F. The maximum absolute atomic E-state index is 14.2. The van der Waals surface area contributed by atoms with Gasteiger partial charge in [-0.05, 0) is 47.1 Å². The van der Waals surface area contributed by atoms with Crippen molar-refractivity contribution >= 4 is 54.6 Å². The zero-order chi connectivity index (χ0) is 15.1. The lowest BCUT2D eigenvalue weighted by atomic mass is 10.3. The molecule has 1 aromatic carbocycles. The molecule has 3 rings (SSSR count). The molecular formula is C14H9Br2ClFN3. The summed E-state index contributed by atoms with van der Waals surface area (Å²) in [6.07, 6.45) is 1.65. The van der Waals surface area contributed by atoms with Gasteiger partial charge in [0.2, 0.25) is 0 Å². The maximum Gasteiger partial charge on any atom is 0.164 e. The second-order valence-corrected chi connectivity index (χ2v) is 7.00. The molecule has 1 unspecified atom stereocenters. The van der Waals surface area contributed by atoms with E-state index in [1.807, 2.05) is 6.07 Å². The fourth-order valence-corrected chi connectivity index (χ4v) is 2.93. The third-order valence-electron chi connectivity index (χ3n) is 2.99. The lowest BCUT2D eigenvalue weighted by Gasteiger charge is -2.11. The van der Waals surface area contributed by atoms with E-state index in [4.69, 9.17) is 11.6 Å². The minimum atomic E-state index is -0.378. The molecule has 2 aromatic heterocycles. The van der Waals surface area contributed by atoms with Crippen molar-refractivity contribution in [2.75, 3.05) is 0 Å². The molecule has 0 fully saturated rings. The normalized spacial score (nSPS) is 12.8. The van der Waals surface area contributed by atoms with Crippen LogP contribution in [0.25, 0.3) is 16.9 Å². The summed E-state index contributed by atoms with van der Waals surface area (Å²) in [6, 6.07) is 6.55. The number of aromatic nitrogens is 3. The lowest BCUT2D eigenvalue weighted by molar-refractivity contribution is 0.615. The van der Waals surface area contributed by atoms with Crippen LogP contribution in [0.5, 0.6) is 0 Å². The molecule has 0 aliphatic rings. The number of nitrogens with zero attached hydrogens (tertiary/aromatic N) is 3. The first-order valence-corrected chi connectivity index (χ1v) is 8.13. The summed E-state index contributed by atoms with van der Waals surface area (Å²) in [7, 11) is 0. The fourth-order valence-electron chi connectivity index (χ4n) is 2.12. The van der Waals surface area contributed by atoms with Gasteiger partial charge in [0.25, 0.3) is 0 Å². The molecule has 2 heterocycles. The summed E-state index contributed by atoms with van der Waals surface area (Å²) in [6.45, 7) is 1.80. The van der Waals surface area contributed by atoms with Crippen LogP contribution in [-0.4, -0.2) is 14.5 Å². The summed E-state index contributed by atoms with van der Waals surface area (Å²) in [5.41, 5.74) is 1.59. The summed E-state index contributed by atoms with van der Waals surface area (Å²) in [4.78, 5) is 8.82. The highest BCUT2D eigenvalue weighted by atomic mass is 79.9. The van der Waals surface area contributed by atoms with Gasteiger partial charge in [-0.1, -0.05) is 15.9 Å². The highest BCUT2D eigenvalue weighted by Gasteiger charge is 2.20. The van der Waals surface area contributed by atoms with Gasteiger partial charge >= 0.3 is 0 Å². The third-order valence-corrected chi connectivity index (χ3v) is 4.12. The highest BCUT2D eigenvalue weighted by molar-refractivity contribution is 9.10. The molecule has 0 N–H and O–H groups in total. The Bertz CT molecular complexity index is 832. The van der Waals surface area contributed by atoms with Crippen molar-refractivity contribution in [3.05, 3.63) is 51.0 Å². The van der Waals surface area contributed by atoms with E-state index in [-0.39, 0.29) is 11.2 Å². The molecule has 0 amide bonds. The van der Waals surface area contributed by atoms with Gasteiger partial charge in [-0.15, -0.1) is 11.6 Å². The van der Waals surface area contributed by atoms with Crippen LogP contribution in [0.4, 0.5) is 4.39 Å². The Morgan fingerprint density at radius 1 is 1.24 bits per heavy atom. The molecule has 0 aliphatic heterocycles. The quantitative estimate of drug-likeness (QED) is 0.508. The molecule has 1 atom stereocenters. The molecule has 0 saturated heterocycles. The number of hydrogen-bond donors (Lipinski definition) is 0. The van der Waals surface area contributed by atoms with Crippen LogP contribution in [0.1, 0.15) is 18.1 Å². The second kappa shape index (κ2) is 5.66. The molecule has 0 saturated carbocycles. The minimum absolute atomic E-state index is 0.360. The second-order valence-electron chi connectivity index (χ2n) is 4.51. The standard InChI is InChI=1S/C14H9Br2ClFN3/c1-7(17)13-20-11-4-9(16)6-19-14(11)21(13)12-5-8(15)2-3-10(12)18/h2-7H,1H3. The van der Waals surface area contributed by atoms with Crippen LogP contribution >= 0.6 is 43.5 Å². The number of rotatable bonds is 2. The van der Waals surface area contributed by atoms with Gasteiger partial charge in [0.1, 0.15) is 17.2 Å². The fraction of sp³-hybridized carbons (Fsp3) is 0.143. The average Bonchev–Trinajstić information content (AvgIpc) is 2.80. The van der Waals surface area contributed by atoms with E-state index in [1.54, 1.807) is 29.8 Å². The first-order chi connectivity index (χ1) is 9.97. The first-order valence-electron chi connectivity index (χ1n) is 6.11. The van der Waals surface area contributed by atoms with Gasteiger partial charge in [0.15, 0.2) is 5.65 Å².